The average Bonchev–Trinajstić information content (AvgIpc) is 2.38. The van der Waals surface area contributed by atoms with Crippen LogP contribution in [0.3, 0.4) is 0 Å². The van der Waals surface area contributed by atoms with Gasteiger partial charge in [0.05, 0.1) is 17.7 Å². The van der Waals surface area contributed by atoms with Crippen molar-refractivity contribution in [3.05, 3.63) is 29.3 Å². The number of hydrogen-bond acceptors (Lipinski definition) is 4. The zero-order valence-corrected chi connectivity index (χ0v) is 11.8. The monoisotopic (exact) mass is 262 g/mol. The molecule has 0 amide bonds. The van der Waals surface area contributed by atoms with Crippen LogP contribution in [0.4, 0.5) is 5.69 Å². The summed E-state index contributed by atoms with van der Waals surface area (Å²) in [7, 11) is 0. The highest BCUT2D eigenvalue weighted by Crippen LogP contribution is 2.29. The second-order valence-corrected chi connectivity index (χ2v) is 4.93. The molecule has 0 heterocycles. The lowest BCUT2D eigenvalue weighted by Gasteiger charge is -2.31. The fourth-order valence-corrected chi connectivity index (χ4v) is 2.11. The molecule has 1 aromatic carbocycles. The van der Waals surface area contributed by atoms with Crippen molar-refractivity contribution >= 4 is 5.69 Å². The van der Waals surface area contributed by atoms with Crippen molar-refractivity contribution in [1.29, 1.82) is 5.26 Å². The predicted molar refractivity (Wildman–Crippen MR) is 76.0 cm³/mol. The second-order valence-electron chi connectivity index (χ2n) is 4.93. The van der Waals surface area contributed by atoms with Crippen LogP contribution in [0, 0.1) is 11.3 Å². The van der Waals surface area contributed by atoms with E-state index in [-0.39, 0.29) is 12.6 Å². The largest absolute Gasteiger partial charge is 0.396 e. The quantitative estimate of drug-likeness (QED) is 0.824. The Bertz CT molecular complexity index is 450. The summed E-state index contributed by atoms with van der Waals surface area (Å²) in [5, 5.41) is 27.9. The first kappa shape index (κ1) is 15.5. The van der Waals surface area contributed by atoms with E-state index in [1.165, 1.54) is 0 Å². The number of aliphatic hydroxyl groups is 2. The zero-order chi connectivity index (χ0) is 14.4. The molecule has 1 atom stereocenters. The molecule has 0 aromatic heterocycles. The molecule has 0 spiro atoms. The van der Waals surface area contributed by atoms with Crippen LogP contribution in [0.15, 0.2) is 18.2 Å². The van der Waals surface area contributed by atoms with Gasteiger partial charge in [0.15, 0.2) is 0 Å². The standard InChI is InChI=1S/C15H22N2O2/c1-11(2)17(7-4-8-18)15-9-13(10-16)5-6-14(15)12(3)19/h5-6,9,11-12,18-19H,4,7-8H2,1-3H3/t12-/m1/s1. The lowest BCUT2D eigenvalue weighted by molar-refractivity contribution is 0.199. The molecule has 0 bridgehead atoms. The van der Waals surface area contributed by atoms with E-state index in [9.17, 15) is 5.11 Å². The molecular weight excluding hydrogens is 240 g/mol. The second kappa shape index (κ2) is 7.13. The van der Waals surface area contributed by atoms with Gasteiger partial charge in [0.1, 0.15) is 0 Å². The van der Waals surface area contributed by atoms with Gasteiger partial charge in [-0.2, -0.15) is 5.26 Å². The van der Waals surface area contributed by atoms with Crippen LogP contribution in [-0.4, -0.2) is 29.4 Å². The molecule has 4 nitrogen and oxygen atoms in total. The minimum Gasteiger partial charge on any atom is -0.396 e. The molecular formula is C15H22N2O2. The van der Waals surface area contributed by atoms with E-state index in [0.29, 0.717) is 18.5 Å². The number of nitriles is 1. The first-order chi connectivity index (χ1) is 9.01. The van der Waals surface area contributed by atoms with E-state index in [2.05, 4.69) is 24.8 Å². The predicted octanol–water partition coefficient (Wildman–Crippen LogP) is 2.21. The minimum absolute atomic E-state index is 0.130. The molecule has 0 aliphatic heterocycles. The fraction of sp³-hybridized carbons (Fsp3) is 0.533. The summed E-state index contributed by atoms with van der Waals surface area (Å²) >= 11 is 0. The summed E-state index contributed by atoms with van der Waals surface area (Å²) < 4.78 is 0. The number of hydrogen-bond donors (Lipinski definition) is 2. The van der Waals surface area contributed by atoms with E-state index >= 15 is 0 Å². The van der Waals surface area contributed by atoms with Crippen LogP contribution < -0.4 is 4.90 Å². The number of anilines is 1. The lowest BCUT2D eigenvalue weighted by atomic mass is 10.0. The van der Waals surface area contributed by atoms with Gasteiger partial charge in [-0.15, -0.1) is 0 Å². The third kappa shape index (κ3) is 3.95. The highest BCUT2D eigenvalue weighted by Gasteiger charge is 2.17. The van der Waals surface area contributed by atoms with Crippen molar-refractivity contribution < 1.29 is 10.2 Å². The van der Waals surface area contributed by atoms with Gasteiger partial charge in [0.2, 0.25) is 0 Å². The van der Waals surface area contributed by atoms with Crippen LogP contribution >= 0.6 is 0 Å². The fourth-order valence-electron chi connectivity index (χ4n) is 2.11. The summed E-state index contributed by atoms with van der Waals surface area (Å²) in [4.78, 5) is 2.11. The smallest absolute Gasteiger partial charge is 0.0992 e. The van der Waals surface area contributed by atoms with Gasteiger partial charge in [0, 0.05) is 30.4 Å². The number of rotatable bonds is 6. The summed E-state index contributed by atoms with van der Waals surface area (Å²) in [5.74, 6) is 0. The van der Waals surface area contributed by atoms with Crippen LogP contribution in [0.5, 0.6) is 0 Å². The Balaban J connectivity index is 3.21. The molecule has 104 valence electrons. The SMILES string of the molecule is CC(C)N(CCCO)c1cc(C#N)ccc1[C@@H](C)O. The van der Waals surface area contributed by atoms with Crippen molar-refractivity contribution in [2.45, 2.75) is 39.3 Å². The molecule has 0 saturated carbocycles. The Morgan fingerprint density at radius 1 is 1.32 bits per heavy atom. The van der Waals surface area contributed by atoms with Crippen LogP contribution in [0.2, 0.25) is 0 Å². The molecule has 0 unspecified atom stereocenters. The molecule has 0 aliphatic carbocycles. The molecule has 1 aromatic rings. The Morgan fingerprint density at radius 3 is 2.47 bits per heavy atom. The molecule has 0 aliphatic rings. The maximum atomic E-state index is 9.87. The van der Waals surface area contributed by atoms with Crippen LogP contribution in [0.1, 0.15) is 44.4 Å². The first-order valence-electron chi connectivity index (χ1n) is 6.60. The summed E-state index contributed by atoms with van der Waals surface area (Å²) in [5.41, 5.74) is 2.26. The molecule has 2 N–H and O–H groups in total. The zero-order valence-electron chi connectivity index (χ0n) is 11.8. The Hall–Kier alpha value is -1.57. The van der Waals surface area contributed by atoms with Crippen molar-refractivity contribution in [1.82, 2.24) is 0 Å². The number of benzene rings is 1. The minimum atomic E-state index is -0.585. The first-order valence-corrected chi connectivity index (χ1v) is 6.60. The van der Waals surface area contributed by atoms with Crippen molar-refractivity contribution in [3.8, 4) is 6.07 Å². The van der Waals surface area contributed by atoms with E-state index in [1.807, 2.05) is 0 Å². The van der Waals surface area contributed by atoms with Gasteiger partial charge in [-0.05, 0) is 39.3 Å². The third-order valence-corrected chi connectivity index (χ3v) is 3.10. The number of aliphatic hydroxyl groups excluding tert-OH is 2. The highest BCUT2D eigenvalue weighted by atomic mass is 16.3. The molecule has 19 heavy (non-hydrogen) atoms. The molecule has 0 saturated heterocycles. The lowest BCUT2D eigenvalue weighted by Crippen LogP contribution is -2.33. The van der Waals surface area contributed by atoms with E-state index in [1.54, 1.807) is 25.1 Å². The van der Waals surface area contributed by atoms with Crippen LogP contribution in [0.25, 0.3) is 0 Å². The summed E-state index contributed by atoms with van der Waals surface area (Å²) in [6.07, 6.45) is 0.0758. The van der Waals surface area contributed by atoms with Crippen molar-refractivity contribution in [2.24, 2.45) is 0 Å². The summed E-state index contributed by atoms with van der Waals surface area (Å²) in [6, 6.07) is 7.68. The maximum absolute atomic E-state index is 9.87. The van der Waals surface area contributed by atoms with Gasteiger partial charge >= 0.3 is 0 Å². The van der Waals surface area contributed by atoms with E-state index in [0.717, 1.165) is 11.3 Å². The molecule has 0 radical (unpaired) electrons. The van der Waals surface area contributed by atoms with E-state index < -0.39 is 6.10 Å². The van der Waals surface area contributed by atoms with Gasteiger partial charge in [-0.1, -0.05) is 6.07 Å². The van der Waals surface area contributed by atoms with E-state index in [4.69, 9.17) is 10.4 Å². The van der Waals surface area contributed by atoms with Gasteiger partial charge in [-0.3, -0.25) is 0 Å². The van der Waals surface area contributed by atoms with Crippen LogP contribution in [-0.2, 0) is 0 Å². The summed E-state index contributed by atoms with van der Waals surface area (Å²) in [6.45, 7) is 6.66. The third-order valence-electron chi connectivity index (χ3n) is 3.10. The van der Waals surface area contributed by atoms with Gasteiger partial charge in [-0.25, -0.2) is 0 Å². The Labute approximate surface area is 114 Å². The normalized spacial score (nSPS) is 12.3. The molecule has 0 fully saturated rings. The van der Waals surface area contributed by atoms with Crippen molar-refractivity contribution in [2.75, 3.05) is 18.1 Å². The number of nitrogens with zero attached hydrogens (tertiary/aromatic N) is 2. The topological polar surface area (TPSA) is 67.5 Å². The van der Waals surface area contributed by atoms with Crippen molar-refractivity contribution in [3.63, 3.8) is 0 Å². The van der Waals surface area contributed by atoms with Gasteiger partial charge < -0.3 is 15.1 Å². The maximum Gasteiger partial charge on any atom is 0.0992 e. The Kier molecular flexibility index (Phi) is 5.81. The average molecular weight is 262 g/mol. The van der Waals surface area contributed by atoms with Gasteiger partial charge in [0.25, 0.3) is 0 Å². The molecule has 4 heteroatoms. The highest BCUT2D eigenvalue weighted by molar-refractivity contribution is 5.59. The Morgan fingerprint density at radius 2 is 2.00 bits per heavy atom. The molecule has 1 rings (SSSR count).